The SMILES string of the molecule is C=C(S/C(=N\N)N(C)C(=O)CC/C(C)=N/OC)c1cccnc1. The summed E-state index contributed by atoms with van der Waals surface area (Å²) < 4.78 is 0. The highest BCUT2D eigenvalue weighted by atomic mass is 32.2. The predicted octanol–water partition coefficient (Wildman–Crippen LogP) is 2.28. The minimum atomic E-state index is -0.119. The summed E-state index contributed by atoms with van der Waals surface area (Å²) in [5.74, 6) is 5.30. The van der Waals surface area contributed by atoms with Gasteiger partial charge >= 0.3 is 0 Å². The molecule has 8 heteroatoms. The summed E-state index contributed by atoms with van der Waals surface area (Å²) >= 11 is 1.22. The quantitative estimate of drug-likeness (QED) is 0.372. The highest BCUT2D eigenvalue weighted by molar-refractivity contribution is 8.21. The fraction of sp³-hybridized carbons (Fsp3) is 0.333. The van der Waals surface area contributed by atoms with Crippen LogP contribution in [0.4, 0.5) is 0 Å². The first-order valence-electron chi connectivity index (χ1n) is 6.87. The van der Waals surface area contributed by atoms with Crippen LogP contribution in [0.3, 0.4) is 0 Å². The summed E-state index contributed by atoms with van der Waals surface area (Å²) in [5.41, 5.74) is 1.59. The van der Waals surface area contributed by atoms with E-state index in [4.69, 9.17) is 5.84 Å². The number of amidine groups is 1. The monoisotopic (exact) mass is 335 g/mol. The number of aromatic nitrogens is 1. The van der Waals surface area contributed by atoms with Gasteiger partial charge in [0.2, 0.25) is 5.91 Å². The van der Waals surface area contributed by atoms with Crippen LogP contribution in [0.2, 0.25) is 0 Å². The van der Waals surface area contributed by atoms with Crippen molar-refractivity contribution in [1.29, 1.82) is 0 Å². The molecule has 0 atom stereocenters. The van der Waals surface area contributed by atoms with E-state index in [1.54, 1.807) is 26.4 Å². The van der Waals surface area contributed by atoms with Crippen molar-refractivity contribution in [1.82, 2.24) is 9.88 Å². The number of carbonyl (C=O) groups is 1. The molecule has 0 aromatic carbocycles. The van der Waals surface area contributed by atoms with E-state index in [0.717, 1.165) is 11.3 Å². The Hall–Kier alpha value is -2.35. The lowest BCUT2D eigenvalue weighted by Gasteiger charge is -2.18. The van der Waals surface area contributed by atoms with Crippen LogP contribution >= 0.6 is 11.8 Å². The number of thioether (sulfide) groups is 1. The average molecular weight is 335 g/mol. The smallest absolute Gasteiger partial charge is 0.228 e. The van der Waals surface area contributed by atoms with Crippen LogP contribution in [0.25, 0.3) is 4.91 Å². The minimum absolute atomic E-state index is 0.119. The van der Waals surface area contributed by atoms with Crippen molar-refractivity contribution in [3.05, 3.63) is 36.7 Å². The first kappa shape index (κ1) is 18.7. The van der Waals surface area contributed by atoms with Gasteiger partial charge in [-0.1, -0.05) is 17.8 Å². The van der Waals surface area contributed by atoms with Crippen molar-refractivity contribution in [2.75, 3.05) is 14.2 Å². The van der Waals surface area contributed by atoms with E-state index >= 15 is 0 Å². The van der Waals surface area contributed by atoms with E-state index in [2.05, 4.69) is 26.7 Å². The van der Waals surface area contributed by atoms with E-state index < -0.39 is 0 Å². The molecule has 0 aliphatic rings. The zero-order valence-electron chi connectivity index (χ0n) is 13.5. The van der Waals surface area contributed by atoms with Gasteiger partial charge in [-0.2, -0.15) is 5.10 Å². The number of hydrogen-bond donors (Lipinski definition) is 1. The van der Waals surface area contributed by atoms with Gasteiger partial charge < -0.3 is 10.7 Å². The van der Waals surface area contributed by atoms with Crippen LogP contribution in [-0.4, -0.2) is 40.8 Å². The minimum Gasteiger partial charge on any atom is -0.399 e. The van der Waals surface area contributed by atoms with E-state index in [1.165, 1.54) is 23.8 Å². The maximum atomic E-state index is 12.2. The van der Waals surface area contributed by atoms with Crippen molar-refractivity contribution in [3.63, 3.8) is 0 Å². The summed E-state index contributed by atoms with van der Waals surface area (Å²) in [5, 5.41) is 7.83. The molecule has 1 aromatic rings. The van der Waals surface area contributed by atoms with Gasteiger partial charge in [0.1, 0.15) is 7.11 Å². The molecule has 0 aliphatic heterocycles. The van der Waals surface area contributed by atoms with E-state index in [9.17, 15) is 4.79 Å². The van der Waals surface area contributed by atoms with E-state index in [1.807, 2.05) is 12.1 Å². The maximum Gasteiger partial charge on any atom is 0.228 e. The average Bonchev–Trinajstić information content (AvgIpc) is 2.57. The predicted molar refractivity (Wildman–Crippen MR) is 94.6 cm³/mol. The number of carbonyl (C=O) groups excluding carboxylic acids is 1. The Labute approximate surface area is 140 Å². The van der Waals surface area contributed by atoms with Crippen LogP contribution in [0.15, 0.2) is 41.4 Å². The van der Waals surface area contributed by atoms with Crippen molar-refractivity contribution >= 4 is 33.5 Å². The highest BCUT2D eigenvalue weighted by Crippen LogP contribution is 2.27. The molecule has 1 rings (SSSR count). The zero-order valence-corrected chi connectivity index (χ0v) is 14.3. The summed E-state index contributed by atoms with van der Waals surface area (Å²) in [6, 6.07) is 3.69. The Kier molecular flexibility index (Phi) is 7.82. The van der Waals surface area contributed by atoms with Crippen molar-refractivity contribution in [3.8, 4) is 0 Å². The number of pyridine rings is 1. The van der Waals surface area contributed by atoms with Crippen LogP contribution in [0.1, 0.15) is 25.3 Å². The molecule has 0 fully saturated rings. The number of nitrogens with two attached hydrogens (primary N) is 1. The molecule has 0 saturated heterocycles. The molecule has 0 unspecified atom stereocenters. The van der Waals surface area contributed by atoms with Crippen molar-refractivity contribution in [2.45, 2.75) is 19.8 Å². The summed E-state index contributed by atoms with van der Waals surface area (Å²) in [7, 11) is 3.09. The molecule has 0 bridgehead atoms. The molecule has 0 aliphatic carbocycles. The van der Waals surface area contributed by atoms with Gasteiger partial charge in [0.15, 0.2) is 5.17 Å². The second-order valence-corrected chi connectivity index (χ2v) is 5.70. The number of nitrogens with zero attached hydrogens (tertiary/aromatic N) is 4. The third-order valence-corrected chi connectivity index (χ3v) is 3.96. The fourth-order valence-electron chi connectivity index (χ4n) is 1.64. The molecule has 2 N–H and O–H groups in total. The Morgan fingerprint density at radius 3 is 2.83 bits per heavy atom. The second kappa shape index (κ2) is 9.62. The highest BCUT2D eigenvalue weighted by Gasteiger charge is 2.17. The Bertz CT molecular complexity index is 601. The van der Waals surface area contributed by atoms with Gasteiger partial charge in [-0.3, -0.25) is 14.7 Å². The first-order chi connectivity index (χ1) is 11.0. The molecule has 0 radical (unpaired) electrons. The van der Waals surface area contributed by atoms with Gasteiger partial charge in [-0.15, -0.1) is 0 Å². The summed E-state index contributed by atoms with van der Waals surface area (Å²) in [6.45, 7) is 5.77. The normalized spacial score (nSPS) is 12.0. The van der Waals surface area contributed by atoms with Gasteiger partial charge in [0.25, 0.3) is 0 Å². The topological polar surface area (TPSA) is 93.2 Å². The molecule has 124 valence electrons. The van der Waals surface area contributed by atoms with Crippen LogP contribution < -0.4 is 5.84 Å². The lowest BCUT2D eigenvalue weighted by atomic mass is 10.2. The zero-order chi connectivity index (χ0) is 17.2. The van der Waals surface area contributed by atoms with Gasteiger partial charge in [-0.25, -0.2) is 0 Å². The van der Waals surface area contributed by atoms with Crippen molar-refractivity contribution < 1.29 is 9.63 Å². The summed E-state index contributed by atoms with van der Waals surface area (Å²) in [6.07, 6.45) is 4.16. The van der Waals surface area contributed by atoms with E-state index in [-0.39, 0.29) is 12.3 Å². The van der Waals surface area contributed by atoms with Crippen LogP contribution in [-0.2, 0) is 9.63 Å². The Morgan fingerprint density at radius 2 is 2.26 bits per heavy atom. The fourth-order valence-corrected chi connectivity index (χ4v) is 2.39. The van der Waals surface area contributed by atoms with Gasteiger partial charge in [-0.05, 0) is 31.2 Å². The van der Waals surface area contributed by atoms with E-state index in [0.29, 0.717) is 16.5 Å². The lowest BCUT2D eigenvalue weighted by molar-refractivity contribution is -0.126. The molecule has 1 aromatic heterocycles. The van der Waals surface area contributed by atoms with Gasteiger partial charge in [0, 0.05) is 36.3 Å². The number of hydrazone groups is 1. The lowest BCUT2D eigenvalue weighted by Crippen LogP contribution is -2.32. The number of amides is 1. The number of rotatable bonds is 6. The Morgan fingerprint density at radius 1 is 1.52 bits per heavy atom. The largest absolute Gasteiger partial charge is 0.399 e. The van der Waals surface area contributed by atoms with Gasteiger partial charge in [0.05, 0.1) is 5.71 Å². The first-order valence-corrected chi connectivity index (χ1v) is 7.69. The van der Waals surface area contributed by atoms with Crippen molar-refractivity contribution in [2.24, 2.45) is 16.1 Å². The van der Waals surface area contributed by atoms with Crippen LogP contribution in [0.5, 0.6) is 0 Å². The Balaban J connectivity index is 2.65. The molecular formula is C15H21N5O2S. The second-order valence-electron chi connectivity index (χ2n) is 4.64. The standard InChI is InChI=1S/C15H21N5O2S/c1-11(19-22-4)7-8-14(21)20(3)15(18-16)23-12(2)13-6-5-9-17-10-13/h5-6,9-10H,2,7-8,16H2,1,3-4H3/b18-15-,19-11+. The molecule has 1 heterocycles. The molecular weight excluding hydrogens is 314 g/mol. The third-order valence-electron chi connectivity index (χ3n) is 2.92. The summed E-state index contributed by atoms with van der Waals surface area (Å²) in [4.78, 5) is 23.0. The third kappa shape index (κ3) is 6.11. The molecule has 0 saturated carbocycles. The molecule has 1 amide bonds. The molecule has 23 heavy (non-hydrogen) atoms. The number of oxime groups is 1. The molecule has 7 nitrogen and oxygen atoms in total. The van der Waals surface area contributed by atoms with Crippen LogP contribution in [0, 0.1) is 0 Å². The molecule has 0 spiro atoms. The maximum absolute atomic E-state index is 12.2. The number of hydrogen-bond acceptors (Lipinski definition) is 7.